The summed E-state index contributed by atoms with van der Waals surface area (Å²) in [5, 5.41) is 6.25. The van der Waals surface area contributed by atoms with Crippen molar-refractivity contribution in [3.05, 3.63) is 59.6 Å². The number of hydrogen-bond donors (Lipinski definition) is 2. The minimum atomic E-state index is -3.30. The highest BCUT2D eigenvalue weighted by atomic mass is 32.2. The number of hydrogen-bond acceptors (Lipinski definition) is 4. The van der Waals surface area contributed by atoms with E-state index < -0.39 is 21.9 Å². The van der Waals surface area contributed by atoms with Crippen molar-refractivity contribution in [3.63, 3.8) is 0 Å². The smallest absolute Gasteiger partial charge is 0.319 e. The van der Waals surface area contributed by atoms with Crippen LogP contribution in [0.4, 0.5) is 14.9 Å². The second-order valence-corrected chi connectivity index (χ2v) is 9.36. The van der Waals surface area contributed by atoms with E-state index in [1.54, 1.807) is 6.07 Å². The predicted octanol–water partition coefficient (Wildman–Crippen LogP) is 4.80. The van der Waals surface area contributed by atoms with Gasteiger partial charge in [-0.15, -0.1) is 0 Å². The van der Waals surface area contributed by atoms with Gasteiger partial charge < -0.3 is 15.1 Å². The van der Waals surface area contributed by atoms with Gasteiger partial charge in [0.25, 0.3) is 0 Å². The van der Waals surface area contributed by atoms with Gasteiger partial charge >= 0.3 is 6.03 Å². The number of anilines is 1. The Morgan fingerprint density at radius 2 is 1.76 bits per heavy atom. The Morgan fingerprint density at radius 1 is 1.10 bits per heavy atom. The second-order valence-electron chi connectivity index (χ2n) is 7.35. The number of nitrogens with one attached hydrogen (secondary N) is 2. The van der Waals surface area contributed by atoms with E-state index >= 15 is 0 Å². The minimum absolute atomic E-state index is 0.0115. The molecule has 0 unspecified atom stereocenters. The number of fused-ring (bicyclic) bond motifs is 1. The molecule has 29 heavy (non-hydrogen) atoms. The highest BCUT2D eigenvalue weighted by Crippen LogP contribution is 2.33. The van der Waals surface area contributed by atoms with Gasteiger partial charge in [0.15, 0.2) is 9.84 Å². The molecule has 0 radical (unpaired) electrons. The number of amides is 2. The number of carbonyl (C=O) groups is 1. The predicted molar refractivity (Wildman–Crippen MR) is 110 cm³/mol. The van der Waals surface area contributed by atoms with Crippen LogP contribution in [0.15, 0.2) is 51.8 Å². The van der Waals surface area contributed by atoms with Crippen LogP contribution in [0.2, 0.25) is 0 Å². The maximum atomic E-state index is 13.6. The molecule has 1 aromatic heterocycles. The van der Waals surface area contributed by atoms with Gasteiger partial charge in [-0.25, -0.2) is 17.6 Å². The van der Waals surface area contributed by atoms with Crippen LogP contribution in [0.25, 0.3) is 11.0 Å². The number of carbonyl (C=O) groups excluding carboxylic acids is 1. The van der Waals surface area contributed by atoms with Crippen LogP contribution in [0.5, 0.6) is 0 Å². The monoisotopic (exact) mass is 418 g/mol. The van der Waals surface area contributed by atoms with Crippen LogP contribution < -0.4 is 10.6 Å². The Hall–Kier alpha value is -2.87. The molecule has 0 bridgehead atoms. The van der Waals surface area contributed by atoms with Crippen LogP contribution in [-0.2, 0) is 9.84 Å². The molecule has 2 N–H and O–H groups in total. The van der Waals surface area contributed by atoms with E-state index in [1.807, 2.05) is 20.8 Å². The Morgan fingerprint density at radius 3 is 2.34 bits per heavy atom. The highest BCUT2D eigenvalue weighted by Gasteiger charge is 2.25. The zero-order valence-corrected chi connectivity index (χ0v) is 17.4. The van der Waals surface area contributed by atoms with Crippen molar-refractivity contribution in [2.75, 3.05) is 11.6 Å². The van der Waals surface area contributed by atoms with Crippen molar-refractivity contribution >= 4 is 32.5 Å². The van der Waals surface area contributed by atoms with E-state index in [-0.39, 0.29) is 16.6 Å². The first-order chi connectivity index (χ1) is 13.6. The molecule has 3 rings (SSSR count). The molecule has 3 aromatic rings. The van der Waals surface area contributed by atoms with Gasteiger partial charge in [0, 0.05) is 22.9 Å². The Bertz CT molecular complexity index is 1150. The number of aryl methyl sites for hydroxylation is 1. The third-order valence-electron chi connectivity index (χ3n) is 4.71. The number of urea groups is 1. The van der Waals surface area contributed by atoms with E-state index in [0.29, 0.717) is 22.4 Å². The Kier molecular flexibility index (Phi) is 5.66. The zero-order chi connectivity index (χ0) is 21.3. The lowest BCUT2D eigenvalue weighted by Crippen LogP contribution is -2.35. The molecule has 2 aromatic carbocycles. The summed E-state index contributed by atoms with van der Waals surface area (Å²) in [5.74, 6) is 0.234. The number of benzene rings is 2. The van der Waals surface area contributed by atoms with Gasteiger partial charge in [0.1, 0.15) is 17.2 Å². The summed E-state index contributed by atoms with van der Waals surface area (Å²) in [6.07, 6.45) is 1.12. The van der Waals surface area contributed by atoms with Gasteiger partial charge in [-0.05, 0) is 55.3 Å². The van der Waals surface area contributed by atoms with Crippen LogP contribution >= 0.6 is 0 Å². The lowest BCUT2D eigenvalue weighted by atomic mass is 9.98. The molecule has 0 aliphatic carbocycles. The molecule has 0 spiro atoms. The molecule has 0 saturated carbocycles. The maximum Gasteiger partial charge on any atom is 0.319 e. The SMILES string of the molecule is Cc1c([C@@H](NC(=O)Nc2ccc(S(C)(=O)=O)cc2)C(C)C)oc2ccc(F)cc12. The van der Waals surface area contributed by atoms with Crippen LogP contribution in [0.3, 0.4) is 0 Å². The van der Waals surface area contributed by atoms with E-state index in [2.05, 4.69) is 10.6 Å². The molecular weight excluding hydrogens is 395 g/mol. The minimum Gasteiger partial charge on any atom is -0.459 e. The van der Waals surface area contributed by atoms with Crippen molar-refractivity contribution in [2.45, 2.75) is 31.7 Å². The molecule has 6 nitrogen and oxygen atoms in total. The summed E-state index contributed by atoms with van der Waals surface area (Å²) in [4.78, 5) is 12.7. The van der Waals surface area contributed by atoms with Crippen molar-refractivity contribution in [1.29, 1.82) is 0 Å². The lowest BCUT2D eigenvalue weighted by Gasteiger charge is -2.21. The lowest BCUT2D eigenvalue weighted by molar-refractivity contribution is 0.241. The van der Waals surface area contributed by atoms with Gasteiger partial charge in [-0.3, -0.25) is 0 Å². The number of sulfone groups is 1. The van der Waals surface area contributed by atoms with E-state index in [0.717, 1.165) is 11.8 Å². The molecule has 0 saturated heterocycles. The van der Waals surface area contributed by atoms with Crippen molar-refractivity contribution in [3.8, 4) is 0 Å². The highest BCUT2D eigenvalue weighted by molar-refractivity contribution is 7.90. The van der Waals surface area contributed by atoms with E-state index in [1.165, 1.54) is 36.4 Å². The average Bonchev–Trinajstić information content (AvgIpc) is 2.95. The van der Waals surface area contributed by atoms with Crippen LogP contribution in [-0.4, -0.2) is 20.7 Å². The molecular formula is C21H23FN2O4S. The van der Waals surface area contributed by atoms with Gasteiger partial charge in [0.2, 0.25) is 0 Å². The van der Waals surface area contributed by atoms with Gasteiger partial charge in [-0.1, -0.05) is 13.8 Å². The zero-order valence-electron chi connectivity index (χ0n) is 16.6. The number of halogens is 1. The number of rotatable bonds is 5. The first kappa shape index (κ1) is 20.9. The molecule has 0 aliphatic rings. The van der Waals surface area contributed by atoms with Gasteiger partial charge in [0.05, 0.1) is 10.9 Å². The maximum absolute atomic E-state index is 13.6. The molecule has 0 aliphatic heterocycles. The fourth-order valence-electron chi connectivity index (χ4n) is 3.14. The van der Waals surface area contributed by atoms with Crippen molar-refractivity contribution in [2.24, 2.45) is 5.92 Å². The summed E-state index contributed by atoms with van der Waals surface area (Å²) in [5.41, 5.74) is 1.79. The standard InChI is InChI=1S/C21H23FN2O4S/c1-12(2)19(20-13(3)17-11-14(22)5-10-18(17)28-20)24-21(25)23-15-6-8-16(9-7-15)29(4,26)27/h5-12,19H,1-4H3,(H2,23,24,25)/t19-/m0/s1. The van der Waals surface area contributed by atoms with E-state index in [9.17, 15) is 17.6 Å². The fourth-order valence-corrected chi connectivity index (χ4v) is 3.77. The number of furan rings is 1. The fraction of sp³-hybridized carbons (Fsp3) is 0.286. The summed E-state index contributed by atoms with van der Waals surface area (Å²) >= 11 is 0. The van der Waals surface area contributed by atoms with Crippen LogP contribution in [0.1, 0.15) is 31.2 Å². The van der Waals surface area contributed by atoms with Crippen molar-refractivity contribution < 1.29 is 22.0 Å². The molecule has 8 heteroatoms. The van der Waals surface area contributed by atoms with Crippen LogP contribution in [0, 0.1) is 18.7 Å². The third kappa shape index (κ3) is 4.59. The first-order valence-electron chi connectivity index (χ1n) is 9.12. The van der Waals surface area contributed by atoms with E-state index in [4.69, 9.17) is 4.42 Å². The summed E-state index contributed by atoms with van der Waals surface area (Å²) in [6.45, 7) is 5.72. The second kappa shape index (κ2) is 7.87. The summed E-state index contributed by atoms with van der Waals surface area (Å²) < 4.78 is 42.6. The van der Waals surface area contributed by atoms with Crippen molar-refractivity contribution in [1.82, 2.24) is 5.32 Å². The third-order valence-corrected chi connectivity index (χ3v) is 5.84. The average molecular weight is 418 g/mol. The molecule has 1 atom stereocenters. The Balaban J connectivity index is 1.81. The quantitative estimate of drug-likeness (QED) is 0.623. The molecule has 0 fully saturated rings. The normalized spacial score (nSPS) is 12.9. The largest absolute Gasteiger partial charge is 0.459 e. The summed E-state index contributed by atoms with van der Waals surface area (Å²) in [7, 11) is -3.30. The molecule has 2 amide bonds. The first-order valence-corrected chi connectivity index (χ1v) is 11.0. The topological polar surface area (TPSA) is 88.4 Å². The summed E-state index contributed by atoms with van der Waals surface area (Å²) in [6, 6.07) is 9.35. The Labute approximate surface area is 169 Å². The molecule has 154 valence electrons. The molecule has 1 heterocycles. The van der Waals surface area contributed by atoms with Gasteiger partial charge in [-0.2, -0.15) is 0 Å².